The molecule has 10 rings (SSSR count). The topological polar surface area (TPSA) is 38.7 Å². The number of hydrogen-bond acceptors (Lipinski definition) is 3. The van der Waals surface area contributed by atoms with E-state index < -0.39 is 42.3 Å². The van der Waals surface area contributed by atoms with Crippen LogP contribution < -0.4 is 0 Å². The molecule has 3 nitrogen and oxygen atoms in total. The zero-order valence-corrected chi connectivity index (χ0v) is 27.7. The first-order chi connectivity index (χ1) is 28.7. The van der Waals surface area contributed by atoms with Gasteiger partial charge in [-0.1, -0.05) is 170 Å². The minimum absolute atomic E-state index is 0.0406. The van der Waals surface area contributed by atoms with Crippen molar-refractivity contribution in [2.75, 3.05) is 0 Å². The van der Waals surface area contributed by atoms with Crippen molar-refractivity contribution in [3.05, 3.63) is 188 Å². The van der Waals surface area contributed by atoms with Gasteiger partial charge in [0.2, 0.25) is 0 Å². The molecular weight excluding hydrogens is 631 g/mol. The van der Waals surface area contributed by atoms with Gasteiger partial charge in [-0.2, -0.15) is 0 Å². The number of rotatable bonds is 5. The Balaban J connectivity index is 1.22. The molecule has 52 heavy (non-hydrogen) atoms. The molecule has 3 heteroatoms. The van der Waals surface area contributed by atoms with Crippen molar-refractivity contribution in [1.29, 1.82) is 0 Å². The van der Waals surface area contributed by atoms with E-state index in [1.54, 1.807) is 0 Å². The largest absolute Gasteiger partial charge is 0.208 e. The Labute approximate surface area is 311 Å². The molecule has 0 aliphatic heterocycles. The van der Waals surface area contributed by atoms with Gasteiger partial charge in [0.25, 0.3) is 0 Å². The second-order valence-electron chi connectivity index (χ2n) is 12.7. The van der Waals surface area contributed by atoms with Gasteiger partial charge in [0.1, 0.15) is 0 Å². The van der Waals surface area contributed by atoms with E-state index in [9.17, 15) is 0 Å². The van der Waals surface area contributed by atoms with Crippen LogP contribution in [0.2, 0.25) is 0 Å². The van der Waals surface area contributed by atoms with Crippen LogP contribution in [0.3, 0.4) is 0 Å². The Kier molecular flexibility index (Phi) is 5.60. The maximum Gasteiger partial charge on any atom is 0.164 e. The normalized spacial score (nSPS) is 13.3. The molecule has 1 aromatic heterocycles. The molecule has 0 radical (unpaired) electrons. The summed E-state index contributed by atoms with van der Waals surface area (Å²) in [4.78, 5) is 14.9. The van der Waals surface area contributed by atoms with Crippen molar-refractivity contribution in [3.63, 3.8) is 0 Å². The fraction of sp³-hybridized carbons (Fsp3) is 0. The molecule has 242 valence electrons. The van der Waals surface area contributed by atoms with E-state index >= 15 is 0 Å². The zero-order valence-electron chi connectivity index (χ0n) is 34.7. The van der Waals surface area contributed by atoms with Crippen LogP contribution >= 0.6 is 0 Å². The Hall–Kier alpha value is -6.97. The van der Waals surface area contributed by atoms with Crippen molar-refractivity contribution in [2.24, 2.45) is 0 Å². The Bertz CT molecular complexity index is 3360. The molecule has 0 spiro atoms. The van der Waals surface area contributed by atoms with E-state index in [2.05, 4.69) is 60.7 Å². The Morgan fingerprint density at radius 2 is 0.923 bits per heavy atom. The van der Waals surface area contributed by atoms with Crippen molar-refractivity contribution in [2.45, 2.75) is 0 Å². The number of nitrogens with zero attached hydrogens (tertiary/aromatic N) is 3. The van der Waals surface area contributed by atoms with Crippen molar-refractivity contribution >= 4 is 43.1 Å². The van der Waals surface area contributed by atoms with E-state index in [1.807, 2.05) is 84.9 Å². The molecule has 0 saturated carbocycles. The average Bonchev–Trinajstić information content (AvgIpc) is 3.28. The summed E-state index contributed by atoms with van der Waals surface area (Å²) in [6, 6.07) is 45.7. The van der Waals surface area contributed by atoms with Gasteiger partial charge in [-0.05, 0) is 83.5 Å². The first-order valence-electron chi connectivity index (χ1n) is 20.5. The summed E-state index contributed by atoms with van der Waals surface area (Å²) < 4.78 is 61.1. The van der Waals surface area contributed by atoms with Crippen molar-refractivity contribution in [1.82, 2.24) is 15.0 Å². The Morgan fingerprint density at radius 3 is 1.79 bits per heavy atom. The second kappa shape index (κ2) is 12.4. The number of aromatic nitrogens is 3. The maximum absolute atomic E-state index is 9.14. The third kappa shape index (κ3) is 5.28. The van der Waals surface area contributed by atoms with Crippen LogP contribution in [0.1, 0.15) is 9.60 Å². The summed E-state index contributed by atoms with van der Waals surface area (Å²) in [6.45, 7) is 0. The lowest BCUT2D eigenvalue weighted by Crippen LogP contribution is -2.01. The highest BCUT2D eigenvalue weighted by atomic mass is 15.0. The third-order valence-corrected chi connectivity index (χ3v) is 9.60. The van der Waals surface area contributed by atoms with Gasteiger partial charge in [0.05, 0.1) is 9.60 Å². The average molecular weight is 669 g/mol. The molecule has 0 saturated heterocycles. The highest BCUT2D eigenvalue weighted by molar-refractivity contribution is 6.01. The molecule has 0 fully saturated rings. The predicted molar refractivity (Wildman–Crippen MR) is 217 cm³/mol. The van der Waals surface area contributed by atoms with Gasteiger partial charge in [0, 0.05) is 16.7 Å². The number of fused-ring (bicyclic) bond motifs is 4. The molecule has 0 amide bonds. The molecule has 9 aromatic carbocycles. The fourth-order valence-electron chi connectivity index (χ4n) is 7.02. The van der Waals surface area contributed by atoms with Gasteiger partial charge in [0.15, 0.2) is 17.5 Å². The van der Waals surface area contributed by atoms with E-state index in [0.717, 1.165) is 43.8 Å². The van der Waals surface area contributed by atoms with E-state index in [0.29, 0.717) is 11.1 Å². The van der Waals surface area contributed by atoms with E-state index in [4.69, 9.17) is 24.5 Å². The van der Waals surface area contributed by atoms with Gasteiger partial charge >= 0.3 is 0 Å². The first kappa shape index (κ1) is 23.4. The zero-order chi connectivity index (χ0) is 40.5. The lowest BCUT2D eigenvalue weighted by molar-refractivity contribution is 1.08. The molecule has 0 aliphatic rings. The van der Waals surface area contributed by atoms with Gasteiger partial charge < -0.3 is 0 Å². The SMILES string of the molecule is [2H]c1c([2H])c([2H])c2c(-c3nc(-c4ccc5cc(-c6cccc7ccccc67)ccc5c4)nc(-c4cccc5ccc(-c6ccccc6)cc45)n3)c([2H])c([2H])c([2H])c2c1[2H]. The molecule has 0 unspecified atom stereocenters. The van der Waals surface area contributed by atoms with Crippen LogP contribution in [-0.4, -0.2) is 15.0 Å². The first-order valence-corrected chi connectivity index (χ1v) is 17.0. The smallest absolute Gasteiger partial charge is 0.164 e. The Morgan fingerprint density at radius 1 is 0.308 bits per heavy atom. The van der Waals surface area contributed by atoms with Crippen molar-refractivity contribution < 1.29 is 9.60 Å². The lowest BCUT2D eigenvalue weighted by atomic mass is 9.95. The fourth-order valence-corrected chi connectivity index (χ4v) is 7.02. The lowest BCUT2D eigenvalue weighted by Gasteiger charge is -2.13. The van der Waals surface area contributed by atoms with Crippen LogP contribution in [0.25, 0.3) is 99.5 Å². The molecular formula is C49H31N3. The quantitative estimate of drug-likeness (QED) is 0.183. The van der Waals surface area contributed by atoms with E-state index in [-0.39, 0.29) is 33.8 Å². The summed E-state index contributed by atoms with van der Waals surface area (Å²) in [5, 5.41) is 5.86. The number of hydrogen-bond donors (Lipinski definition) is 0. The highest BCUT2D eigenvalue weighted by Gasteiger charge is 2.17. The van der Waals surface area contributed by atoms with Crippen LogP contribution in [0, 0.1) is 0 Å². The molecule has 0 bridgehead atoms. The summed E-state index contributed by atoms with van der Waals surface area (Å²) in [7, 11) is 0. The number of benzene rings is 9. The van der Waals surface area contributed by atoms with Crippen molar-refractivity contribution in [3.8, 4) is 56.4 Å². The third-order valence-electron chi connectivity index (χ3n) is 9.60. The highest BCUT2D eigenvalue weighted by Crippen LogP contribution is 2.36. The summed E-state index contributed by atoms with van der Waals surface area (Å²) in [5.74, 6) is 0.513. The summed E-state index contributed by atoms with van der Waals surface area (Å²) in [6.07, 6.45) is 0. The molecule has 10 aromatic rings. The molecule has 1 heterocycles. The van der Waals surface area contributed by atoms with Crippen LogP contribution in [0.4, 0.5) is 0 Å². The standard InChI is InChI=1S/C49H31N3/c1-2-11-32(12-3-1)38-24-23-35-17-10-22-45(46(35)31-38)49-51-47(50-48(52-49)44-21-9-16-34-14-5-7-19-42(34)44)40-28-26-36-29-39(27-25-37(36)30-40)43-20-8-15-33-13-4-6-18-41(33)43/h1-31H/i5D,7D,9D,14D,16D,19D,21D. The van der Waals surface area contributed by atoms with E-state index in [1.165, 1.54) is 10.8 Å². The summed E-state index contributed by atoms with van der Waals surface area (Å²) >= 11 is 0. The molecule has 0 atom stereocenters. The molecule has 0 aliphatic carbocycles. The monoisotopic (exact) mass is 668 g/mol. The summed E-state index contributed by atoms with van der Waals surface area (Å²) in [5.41, 5.74) is 5.54. The molecule has 0 N–H and O–H groups in total. The van der Waals surface area contributed by atoms with Gasteiger partial charge in [-0.25, -0.2) is 15.0 Å². The predicted octanol–water partition coefficient (Wildman–Crippen LogP) is 12.8. The maximum atomic E-state index is 9.14. The minimum atomic E-state index is -0.527. The van der Waals surface area contributed by atoms with Crippen LogP contribution in [0.15, 0.2) is 188 Å². The van der Waals surface area contributed by atoms with Gasteiger partial charge in [-0.3, -0.25) is 0 Å². The van der Waals surface area contributed by atoms with Gasteiger partial charge in [-0.15, -0.1) is 0 Å². The minimum Gasteiger partial charge on any atom is -0.208 e. The van der Waals surface area contributed by atoms with Crippen LogP contribution in [0.5, 0.6) is 0 Å². The van der Waals surface area contributed by atoms with Crippen LogP contribution in [-0.2, 0) is 0 Å². The second-order valence-corrected chi connectivity index (χ2v) is 12.7.